The largest absolute Gasteiger partial charge is 0.324 e. The first-order chi connectivity index (χ1) is 15.0. The molecule has 1 atom stereocenters. The first-order valence-corrected chi connectivity index (χ1v) is 11.9. The van der Waals surface area contributed by atoms with Gasteiger partial charge in [0.05, 0.1) is 16.0 Å². The summed E-state index contributed by atoms with van der Waals surface area (Å²) in [6, 6.07) is 8.34. The first kappa shape index (κ1) is 23.6. The first-order valence-electron chi connectivity index (χ1n) is 10.4. The molecule has 32 heavy (non-hydrogen) atoms. The van der Waals surface area contributed by atoms with E-state index in [1.165, 1.54) is 17.3 Å². The van der Waals surface area contributed by atoms with Gasteiger partial charge in [0.2, 0.25) is 15.9 Å². The molecule has 0 spiro atoms. The van der Waals surface area contributed by atoms with Crippen molar-refractivity contribution in [2.24, 2.45) is 0 Å². The summed E-state index contributed by atoms with van der Waals surface area (Å²) in [6.07, 6.45) is 0. The van der Waals surface area contributed by atoms with E-state index in [2.05, 4.69) is 5.32 Å². The molecule has 2 aromatic carbocycles. The van der Waals surface area contributed by atoms with Gasteiger partial charge in [0.1, 0.15) is 6.04 Å². The second kappa shape index (κ2) is 8.84. The molecule has 8 nitrogen and oxygen atoms in total. The number of sulfonamides is 1. The van der Waals surface area contributed by atoms with Crippen molar-refractivity contribution in [3.63, 3.8) is 0 Å². The fourth-order valence-corrected chi connectivity index (χ4v) is 5.30. The number of benzene rings is 2. The minimum absolute atomic E-state index is 0.0768. The third-order valence-electron chi connectivity index (χ3n) is 5.83. The summed E-state index contributed by atoms with van der Waals surface area (Å²) in [7, 11) is -3.73. The molecule has 0 radical (unpaired) electrons. The van der Waals surface area contributed by atoms with Crippen LogP contribution in [0.3, 0.4) is 0 Å². The topological polar surface area (TPSA) is 104 Å². The van der Waals surface area contributed by atoms with Gasteiger partial charge in [-0.3, -0.25) is 19.3 Å². The molecular formula is C23H27N3O5S. The highest BCUT2D eigenvalue weighted by molar-refractivity contribution is 7.89. The van der Waals surface area contributed by atoms with Crippen molar-refractivity contribution in [2.75, 3.05) is 18.4 Å². The molecule has 0 bridgehead atoms. The van der Waals surface area contributed by atoms with Crippen LogP contribution in [0, 0.1) is 13.8 Å². The van der Waals surface area contributed by atoms with Crippen molar-refractivity contribution in [1.29, 1.82) is 0 Å². The van der Waals surface area contributed by atoms with Gasteiger partial charge in [-0.25, -0.2) is 8.42 Å². The average molecular weight is 458 g/mol. The Balaban J connectivity index is 1.91. The lowest BCUT2D eigenvalue weighted by molar-refractivity contribution is -0.119. The Morgan fingerprint density at radius 1 is 1.03 bits per heavy atom. The highest BCUT2D eigenvalue weighted by Gasteiger charge is 2.40. The van der Waals surface area contributed by atoms with E-state index >= 15 is 0 Å². The minimum atomic E-state index is -3.73. The normalized spacial score (nSPS) is 14.6. The monoisotopic (exact) mass is 457 g/mol. The molecule has 0 aliphatic carbocycles. The molecule has 3 rings (SSSR count). The average Bonchev–Trinajstić information content (AvgIpc) is 3.01. The molecule has 0 aromatic heterocycles. The third-order valence-corrected chi connectivity index (χ3v) is 7.86. The van der Waals surface area contributed by atoms with E-state index in [1.54, 1.807) is 58.0 Å². The molecule has 1 N–H and O–H groups in total. The fourth-order valence-electron chi connectivity index (χ4n) is 3.73. The van der Waals surface area contributed by atoms with Gasteiger partial charge in [0, 0.05) is 18.8 Å². The second-order valence-electron chi connectivity index (χ2n) is 7.69. The summed E-state index contributed by atoms with van der Waals surface area (Å²) >= 11 is 0. The summed E-state index contributed by atoms with van der Waals surface area (Å²) in [4.78, 5) is 39.4. The minimum Gasteiger partial charge on any atom is -0.324 e. The van der Waals surface area contributed by atoms with E-state index in [-0.39, 0.29) is 16.0 Å². The van der Waals surface area contributed by atoms with Crippen LogP contribution in [0.15, 0.2) is 41.3 Å². The number of rotatable bonds is 7. The number of hydrogen-bond donors (Lipinski definition) is 1. The van der Waals surface area contributed by atoms with Gasteiger partial charge in [0.15, 0.2) is 0 Å². The van der Waals surface area contributed by atoms with Crippen molar-refractivity contribution in [2.45, 2.75) is 45.6 Å². The van der Waals surface area contributed by atoms with Crippen LogP contribution >= 0.6 is 0 Å². The van der Waals surface area contributed by atoms with Crippen molar-refractivity contribution in [3.05, 3.63) is 58.7 Å². The molecule has 1 heterocycles. The van der Waals surface area contributed by atoms with Crippen LogP contribution in [0.1, 0.15) is 52.6 Å². The highest BCUT2D eigenvalue weighted by Crippen LogP contribution is 2.28. The van der Waals surface area contributed by atoms with Gasteiger partial charge >= 0.3 is 0 Å². The van der Waals surface area contributed by atoms with E-state index in [4.69, 9.17) is 0 Å². The van der Waals surface area contributed by atoms with E-state index in [0.717, 1.165) is 4.90 Å². The molecule has 0 fully saturated rings. The van der Waals surface area contributed by atoms with Crippen molar-refractivity contribution >= 4 is 33.4 Å². The van der Waals surface area contributed by atoms with E-state index in [1.807, 2.05) is 0 Å². The van der Waals surface area contributed by atoms with Crippen LogP contribution in [0.25, 0.3) is 0 Å². The van der Waals surface area contributed by atoms with Gasteiger partial charge in [-0.05, 0) is 56.2 Å². The number of carbonyl (C=O) groups is 3. The SMILES string of the molecule is CCN(CC)S(=O)(=O)c1cc(C)c(C)c(NC(=O)[C@H](C)N2C(=O)c3ccccc3C2=O)c1. The predicted molar refractivity (Wildman–Crippen MR) is 121 cm³/mol. The van der Waals surface area contributed by atoms with Crippen LogP contribution in [-0.4, -0.2) is 54.5 Å². The lowest BCUT2D eigenvalue weighted by Gasteiger charge is -2.23. The van der Waals surface area contributed by atoms with Crippen molar-refractivity contribution in [1.82, 2.24) is 9.21 Å². The number of fused-ring (bicyclic) bond motifs is 1. The summed E-state index contributed by atoms with van der Waals surface area (Å²) in [5, 5.41) is 2.72. The predicted octanol–water partition coefficient (Wildman–Crippen LogP) is 2.96. The molecule has 3 amide bonds. The molecule has 1 aliphatic heterocycles. The second-order valence-corrected chi connectivity index (χ2v) is 9.63. The van der Waals surface area contributed by atoms with Crippen LogP contribution in [0.4, 0.5) is 5.69 Å². The summed E-state index contributed by atoms with van der Waals surface area (Å²) in [5.74, 6) is -1.64. The summed E-state index contributed by atoms with van der Waals surface area (Å²) in [6.45, 7) is 9.17. The lowest BCUT2D eigenvalue weighted by atomic mass is 10.1. The van der Waals surface area contributed by atoms with Gasteiger partial charge in [-0.1, -0.05) is 26.0 Å². The number of carbonyl (C=O) groups excluding carboxylic acids is 3. The quantitative estimate of drug-likeness (QED) is 0.644. The van der Waals surface area contributed by atoms with Gasteiger partial charge in [-0.15, -0.1) is 0 Å². The summed E-state index contributed by atoms with van der Waals surface area (Å²) < 4.78 is 27.3. The van der Waals surface area contributed by atoms with Crippen molar-refractivity contribution in [3.8, 4) is 0 Å². The molecule has 2 aromatic rings. The zero-order chi connectivity index (χ0) is 23.8. The van der Waals surface area contributed by atoms with Crippen LogP contribution in [-0.2, 0) is 14.8 Å². The Morgan fingerprint density at radius 3 is 2.06 bits per heavy atom. The third kappa shape index (κ3) is 3.93. The smallest absolute Gasteiger partial charge is 0.262 e. The number of nitrogens with one attached hydrogen (secondary N) is 1. The molecule has 9 heteroatoms. The molecule has 0 saturated heterocycles. The Bertz CT molecular complexity index is 1170. The van der Waals surface area contributed by atoms with Crippen LogP contribution in [0.5, 0.6) is 0 Å². The van der Waals surface area contributed by atoms with Gasteiger partial charge in [0.25, 0.3) is 11.8 Å². The maximum absolute atomic E-state index is 13.0. The molecular weight excluding hydrogens is 430 g/mol. The van der Waals surface area contributed by atoms with Crippen molar-refractivity contribution < 1.29 is 22.8 Å². The van der Waals surface area contributed by atoms with Crippen LogP contribution in [0.2, 0.25) is 0 Å². The number of nitrogens with zero attached hydrogens (tertiary/aromatic N) is 2. The maximum Gasteiger partial charge on any atom is 0.262 e. The number of amides is 3. The zero-order valence-corrected chi connectivity index (χ0v) is 19.6. The highest BCUT2D eigenvalue weighted by atomic mass is 32.2. The number of aryl methyl sites for hydroxylation is 1. The van der Waals surface area contributed by atoms with E-state index in [0.29, 0.717) is 29.9 Å². The standard InChI is InChI=1S/C23H27N3O5S/c1-6-25(7-2)32(30,31)17-12-14(3)15(4)20(13-17)24-21(27)16(5)26-22(28)18-10-8-9-11-19(18)23(26)29/h8-13,16H,6-7H2,1-5H3,(H,24,27)/t16-/m0/s1. The van der Waals surface area contributed by atoms with E-state index in [9.17, 15) is 22.8 Å². The Morgan fingerprint density at radius 2 is 1.56 bits per heavy atom. The number of anilines is 1. The Kier molecular flexibility index (Phi) is 6.52. The molecule has 1 aliphatic rings. The fraction of sp³-hybridized carbons (Fsp3) is 0.348. The Labute approximate surface area is 188 Å². The Hall–Kier alpha value is -3.04. The summed E-state index contributed by atoms with van der Waals surface area (Å²) in [5.41, 5.74) is 2.24. The number of imide groups is 1. The molecule has 0 unspecified atom stereocenters. The van der Waals surface area contributed by atoms with Crippen LogP contribution < -0.4 is 5.32 Å². The van der Waals surface area contributed by atoms with Gasteiger partial charge < -0.3 is 5.32 Å². The molecule has 170 valence electrons. The lowest BCUT2D eigenvalue weighted by Crippen LogP contribution is -2.45. The zero-order valence-electron chi connectivity index (χ0n) is 18.8. The number of hydrogen-bond acceptors (Lipinski definition) is 5. The van der Waals surface area contributed by atoms with Gasteiger partial charge in [-0.2, -0.15) is 4.31 Å². The van der Waals surface area contributed by atoms with E-state index < -0.39 is 33.8 Å². The molecule has 0 saturated carbocycles. The maximum atomic E-state index is 13.0.